The van der Waals surface area contributed by atoms with Gasteiger partial charge in [0.1, 0.15) is 5.69 Å². The Morgan fingerprint density at radius 3 is 2.73 bits per heavy atom. The number of amides is 1. The number of hydrogen-bond acceptors (Lipinski definition) is 3. The summed E-state index contributed by atoms with van der Waals surface area (Å²) in [6.45, 7) is 4.97. The minimum atomic E-state index is 0.0944. The van der Waals surface area contributed by atoms with Gasteiger partial charge in [0.25, 0.3) is 5.91 Å². The van der Waals surface area contributed by atoms with E-state index in [9.17, 15) is 4.79 Å². The number of piperidine rings is 1. The van der Waals surface area contributed by atoms with Crippen LogP contribution in [0.15, 0.2) is 65.3 Å². The summed E-state index contributed by atoms with van der Waals surface area (Å²) < 4.78 is 2.12. The highest BCUT2D eigenvalue weighted by Gasteiger charge is 2.27. The van der Waals surface area contributed by atoms with E-state index in [1.807, 2.05) is 42.3 Å². The summed E-state index contributed by atoms with van der Waals surface area (Å²) in [5, 5.41) is 5.46. The largest absolute Gasteiger partial charge is 0.385 e. The lowest BCUT2D eigenvalue weighted by Gasteiger charge is -2.33. The molecule has 0 bridgehead atoms. The number of aromatic nitrogens is 1. The summed E-state index contributed by atoms with van der Waals surface area (Å²) in [6.07, 6.45) is 6.81. The standard InChI is InChI=1S/C27H29ClN4O/c1-19-6-7-21(24(28)16-19)18-32-25-5-3-2-4-20(25)17-26(32)27(33)31-14-10-23(11-15-31)30-22-8-12-29-13-9-22/h2-8,12,16-17,23,30H,9-11,13-15,18H2,1H3. The Labute approximate surface area is 199 Å². The van der Waals surface area contributed by atoms with Crippen molar-refractivity contribution < 1.29 is 4.79 Å². The molecule has 0 spiro atoms. The minimum absolute atomic E-state index is 0.0944. The molecule has 0 aliphatic carbocycles. The van der Waals surface area contributed by atoms with E-state index in [4.69, 9.17) is 11.6 Å². The van der Waals surface area contributed by atoms with Gasteiger partial charge in [-0.05, 0) is 55.2 Å². The van der Waals surface area contributed by atoms with E-state index in [-0.39, 0.29) is 5.91 Å². The van der Waals surface area contributed by atoms with Gasteiger partial charge in [0.05, 0.1) is 0 Å². The number of nitrogens with zero attached hydrogens (tertiary/aromatic N) is 3. The van der Waals surface area contributed by atoms with Gasteiger partial charge >= 0.3 is 0 Å². The minimum Gasteiger partial charge on any atom is -0.385 e. The quantitative estimate of drug-likeness (QED) is 0.568. The van der Waals surface area contributed by atoms with Crippen LogP contribution in [0.25, 0.3) is 10.9 Å². The van der Waals surface area contributed by atoms with E-state index in [0.717, 1.165) is 71.6 Å². The monoisotopic (exact) mass is 460 g/mol. The molecule has 2 aromatic carbocycles. The number of nitrogens with one attached hydrogen (secondary N) is 1. The molecular weight excluding hydrogens is 432 g/mol. The van der Waals surface area contributed by atoms with Crippen molar-refractivity contribution in [1.29, 1.82) is 0 Å². The molecule has 33 heavy (non-hydrogen) atoms. The van der Waals surface area contributed by atoms with Crippen molar-refractivity contribution >= 4 is 34.6 Å². The second kappa shape index (κ2) is 9.44. The van der Waals surface area contributed by atoms with Gasteiger partial charge < -0.3 is 14.8 Å². The molecule has 0 atom stereocenters. The Morgan fingerprint density at radius 2 is 1.97 bits per heavy atom. The summed E-state index contributed by atoms with van der Waals surface area (Å²) in [5.74, 6) is 0.0944. The number of dihydropyridines is 1. The van der Waals surface area contributed by atoms with Gasteiger partial charge in [-0.2, -0.15) is 0 Å². The van der Waals surface area contributed by atoms with Crippen LogP contribution in [0.3, 0.4) is 0 Å². The van der Waals surface area contributed by atoms with Crippen LogP contribution in [0.2, 0.25) is 5.02 Å². The first kappa shape index (κ1) is 21.8. The Hall–Kier alpha value is -3.05. The van der Waals surface area contributed by atoms with Gasteiger partial charge in [-0.3, -0.25) is 9.79 Å². The highest BCUT2D eigenvalue weighted by molar-refractivity contribution is 6.31. The number of para-hydroxylation sites is 1. The van der Waals surface area contributed by atoms with Gasteiger partial charge in [0, 0.05) is 66.5 Å². The number of fused-ring (bicyclic) bond motifs is 1. The fraction of sp³-hybridized carbons (Fsp3) is 0.333. The van der Waals surface area contributed by atoms with Crippen molar-refractivity contribution in [1.82, 2.24) is 14.8 Å². The zero-order valence-electron chi connectivity index (χ0n) is 18.9. The third-order valence-corrected chi connectivity index (χ3v) is 6.98. The van der Waals surface area contributed by atoms with Gasteiger partial charge in [0.15, 0.2) is 0 Å². The fourth-order valence-electron chi connectivity index (χ4n) is 4.77. The third kappa shape index (κ3) is 4.69. The van der Waals surface area contributed by atoms with Crippen molar-refractivity contribution in [3.63, 3.8) is 0 Å². The first-order valence-corrected chi connectivity index (χ1v) is 12.0. The number of hydrogen-bond donors (Lipinski definition) is 1. The van der Waals surface area contributed by atoms with Crippen LogP contribution in [-0.4, -0.2) is 47.3 Å². The first-order chi connectivity index (χ1) is 16.1. The number of benzene rings is 2. The molecule has 3 heterocycles. The summed E-state index contributed by atoms with van der Waals surface area (Å²) >= 11 is 6.55. The Kier molecular flexibility index (Phi) is 6.23. The van der Waals surface area contributed by atoms with Gasteiger partial charge in [-0.15, -0.1) is 0 Å². The number of carbonyl (C=O) groups excluding carboxylic acids is 1. The maximum absolute atomic E-state index is 13.6. The van der Waals surface area contributed by atoms with E-state index in [1.165, 1.54) is 5.70 Å². The number of likely N-dealkylation sites (tertiary alicyclic amines) is 1. The van der Waals surface area contributed by atoms with Crippen molar-refractivity contribution in [2.24, 2.45) is 4.99 Å². The predicted octanol–water partition coefficient (Wildman–Crippen LogP) is 5.20. The van der Waals surface area contributed by atoms with E-state index < -0.39 is 0 Å². The molecule has 3 aromatic rings. The number of carbonyl (C=O) groups is 1. The molecule has 0 radical (unpaired) electrons. The number of rotatable bonds is 5. The van der Waals surface area contributed by atoms with Crippen LogP contribution in [0.4, 0.5) is 0 Å². The first-order valence-electron chi connectivity index (χ1n) is 11.7. The molecule has 170 valence electrons. The van der Waals surface area contributed by atoms with Crippen LogP contribution in [0, 0.1) is 6.92 Å². The average molecular weight is 461 g/mol. The van der Waals surface area contributed by atoms with Crippen LogP contribution in [0.5, 0.6) is 0 Å². The molecule has 2 aliphatic heterocycles. The topological polar surface area (TPSA) is 49.6 Å². The zero-order valence-corrected chi connectivity index (χ0v) is 19.7. The van der Waals surface area contributed by atoms with Crippen LogP contribution in [0.1, 0.15) is 40.9 Å². The van der Waals surface area contributed by atoms with Crippen molar-refractivity contribution in [3.8, 4) is 0 Å². The van der Waals surface area contributed by atoms with E-state index in [0.29, 0.717) is 12.6 Å². The van der Waals surface area contributed by atoms with Crippen molar-refractivity contribution in [2.75, 3.05) is 19.6 Å². The highest BCUT2D eigenvalue weighted by atomic mass is 35.5. The summed E-state index contributed by atoms with van der Waals surface area (Å²) in [5.41, 5.74) is 5.19. The SMILES string of the molecule is Cc1ccc(Cn2c(C(=O)N3CCC(NC4=CC=NCC4)CC3)cc3ccccc32)c(Cl)c1. The Morgan fingerprint density at radius 1 is 1.15 bits per heavy atom. The van der Waals surface area contributed by atoms with E-state index in [2.05, 4.69) is 45.2 Å². The molecule has 1 fully saturated rings. The van der Waals surface area contributed by atoms with E-state index in [1.54, 1.807) is 0 Å². The normalized spacial score (nSPS) is 16.8. The summed E-state index contributed by atoms with van der Waals surface area (Å²) in [6, 6.07) is 16.7. The molecule has 0 unspecified atom stereocenters. The molecule has 6 heteroatoms. The third-order valence-electron chi connectivity index (χ3n) is 6.63. The molecule has 1 saturated heterocycles. The predicted molar refractivity (Wildman–Crippen MR) is 135 cm³/mol. The molecule has 5 nitrogen and oxygen atoms in total. The smallest absolute Gasteiger partial charge is 0.270 e. The average Bonchev–Trinajstić information content (AvgIpc) is 3.20. The molecule has 1 amide bonds. The molecule has 2 aliphatic rings. The van der Waals surface area contributed by atoms with Crippen LogP contribution < -0.4 is 5.32 Å². The number of halogens is 1. The van der Waals surface area contributed by atoms with Gasteiger partial charge in [0.2, 0.25) is 0 Å². The lowest BCUT2D eigenvalue weighted by Crippen LogP contribution is -2.45. The Balaban J connectivity index is 1.36. The molecular formula is C27H29ClN4O. The molecule has 5 rings (SSSR count). The number of aryl methyl sites for hydroxylation is 1. The number of aliphatic imine (C=N–C) groups is 1. The number of allylic oxidation sites excluding steroid dienone is 1. The molecule has 1 aromatic heterocycles. The maximum Gasteiger partial charge on any atom is 0.270 e. The van der Waals surface area contributed by atoms with Gasteiger partial charge in [-0.25, -0.2) is 0 Å². The summed E-state index contributed by atoms with van der Waals surface area (Å²) in [7, 11) is 0. The second-order valence-corrected chi connectivity index (χ2v) is 9.38. The second-order valence-electron chi connectivity index (χ2n) is 8.98. The van der Waals surface area contributed by atoms with Gasteiger partial charge in [-0.1, -0.05) is 41.9 Å². The lowest BCUT2D eigenvalue weighted by atomic mass is 10.0. The molecule has 1 N–H and O–H groups in total. The van der Waals surface area contributed by atoms with Crippen molar-refractivity contribution in [2.45, 2.75) is 38.8 Å². The van der Waals surface area contributed by atoms with Crippen LogP contribution in [-0.2, 0) is 6.54 Å². The zero-order chi connectivity index (χ0) is 22.8. The fourth-order valence-corrected chi connectivity index (χ4v) is 5.06. The molecule has 0 saturated carbocycles. The van der Waals surface area contributed by atoms with Crippen LogP contribution >= 0.6 is 11.6 Å². The summed E-state index contributed by atoms with van der Waals surface area (Å²) in [4.78, 5) is 19.9. The lowest BCUT2D eigenvalue weighted by molar-refractivity contribution is 0.0698. The van der Waals surface area contributed by atoms with Crippen molar-refractivity contribution in [3.05, 3.63) is 82.1 Å². The highest BCUT2D eigenvalue weighted by Crippen LogP contribution is 2.26. The maximum atomic E-state index is 13.6. The Bertz CT molecular complexity index is 1230. The van der Waals surface area contributed by atoms with E-state index >= 15 is 0 Å².